The Hall–Kier alpha value is -0.710. The van der Waals surface area contributed by atoms with Crippen molar-refractivity contribution in [2.75, 3.05) is 25.5 Å². The van der Waals surface area contributed by atoms with E-state index in [1.807, 2.05) is 36.0 Å². The Balaban J connectivity index is 1.61. The molecule has 1 fully saturated rings. The molecule has 1 aliphatic rings. The molecule has 1 aromatic rings. The summed E-state index contributed by atoms with van der Waals surface area (Å²) in [5, 5.41) is 4.28. The Morgan fingerprint density at radius 3 is 2.85 bits per heavy atom. The van der Waals surface area contributed by atoms with Gasteiger partial charge in [0.05, 0.1) is 6.42 Å². The zero-order chi connectivity index (χ0) is 14.2. The van der Waals surface area contributed by atoms with Gasteiger partial charge in [0.1, 0.15) is 0 Å². The predicted molar refractivity (Wildman–Crippen MR) is 84.5 cm³/mol. The predicted octanol–water partition coefficient (Wildman–Crippen LogP) is 2.91. The molecule has 3 nitrogen and oxygen atoms in total. The molecular weight excluding hydrogens is 294 g/mol. The Morgan fingerprint density at radius 2 is 2.10 bits per heavy atom. The summed E-state index contributed by atoms with van der Waals surface area (Å²) in [4.78, 5) is 11.8. The number of thioether (sulfide) groups is 1. The Bertz CT molecular complexity index is 436. The number of nitrogens with one attached hydrogen (secondary N) is 1. The lowest BCUT2D eigenvalue weighted by atomic mass is 10.1. The molecule has 0 bridgehead atoms. The average molecular weight is 314 g/mol. The van der Waals surface area contributed by atoms with Crippen LogP contribution in [0.1, 0.15) is 18.4 Å². The third kappa shape index (κ3) is 5.35. The van der Waals surface area contributed by atoms with E-state index in [9.17, 15) is 4.79 Å². The van der Waals surface area contributed by atoms with Crippen molar-refractivity contribution in [2.45, 2.75) is 24.5 Å². The van der Waals surface area contributed by atoms with E-state index >= 15 is 0 Å². The number of hydrogen-bond acceptors (Lipinski definition) is 3. The molecule has 1 N–H and O–H groups in total. The van der Waals surface area contributed by atoms with Crippen molar-refractivity contribution in [3.63, 3.8) is 0 Å². The van der Waals surface area contributed by atoms with Crippen LogP contribution in [0, 0.1) is 0 Å². The van der Waals surface area contributed by atoms with Crippen LogP contribution in [0.5, 0.6) is 0 Å². The van der Waals surface area contributed by atoms with Gasteiger partial charge >= 0.3 is 0 Å². The highest BCUT2D eigenvalue weighted by atomic mass is 35.5. The number of benzene rings is 1. The fourth-order valence-electron chi connectivity index (χ4n) is 2.14. The SMILES string of the molecule is O=C(Cc1ccccc1Cl)NCCSC1CCOCC1. The summed E-state index contributed by atoms with van der Waals surface area (Å²) < 4.78 is 5.33. The van der Waals surface area contributed by atoms with Gasteiger partial charge in [-0.25, -0.2) is 0 Å². The van der Waals surface area contributed by atoms with E-state index in [-0.39, 0.29) is 5.91 Å². The molecule has 0 aliphatic carbocycles. The van der Waals surface area contributed by atoms with Crippen molar-refractivity contribution in [2.24, 2.45) is 0 Å². The molecule has 20 heavy (non-hydrogen) atoms. The second-order valence-electron chi connectivity index (χ2n) is 4.80. The minimum Gasteiger partial charge on any atom is -0.381 e. The van der Waals surface area contributed by atoms with Gasteiger partial charge in [0.25, 0.3) is 0 Å². The summed E-state index contributed by atoms with van der Waals surface area (Å²) >= 11 is 7.96. The third-order valence-electron chi connectivity index (χ3n) is 3.25. The van der Waals surface area contributed by atoms with Crippen molar-refractivity contribution in [3.8, 4) is 0 Å². The first kappa shape index (κ1) is 15.7. The molecular formula is C15H20ClNO2S. The first-order valence-electron chi connectivity index (χ1n) is 6.95. The number of carbonyl (C=O) groups is 1. The number of halogens is 1. The van der Waals surface area contributed by atoms with E-state index in [2.05, 4.69) is 5.32 Å². The number of ether oxygens (including phenoxy) is 1. The van der Waals surface area contributed by atoms with E-state index in [0.717, 1.165) is 37.4 Å². The van der Waals surface area contributed by atoms with Crippen LogP contribution in [-0.2, 0) is 16.0 Å². The Labute approximate surface area is 129 Å². The van der Waals surface area contributed by atoms with Gasteiger partial charge in [-0.3, -0.25) is 4.79 Å². The van der Waals surface area contributed by atoms with E-state index in [1.54, 1.807) is 0 Å². The second-order valence-corrected chi connectivity index (χ2v) is 6.62. The fraction of sp³-hybridized carbons (Fsp3) is 0.533. The highest BCUT2D eigenvalue weighted by Gasteiger charge is 2.13. The molecule has 0 atom stereocenters. The van der Waals surface area contributed by atoms with Gasteiger partial charge in [-0.15, -0.1) is 0 Å². The van der Waals surface area contributed by atoms with Crippen molar-refractivity contribution in [1.29, 1.82) is 0 Å². The van der Waals surface area contributed by atoms with Crippen LogP contribution in [-0.4, -0.2) is 36.7 Å². The molecule has 0 aromatic heterocycles. The minimum absolute atomic E-state index is 0.0330. The van der Waals surface area contributed by atoms with Gasteiger partial charge in [-0.1, -0.05) is 29.8 Å². The van der Waals surface area contributed by atoms with Crippen LogP contribution in [0.15, 0.2) is 24.3 Å². The number of rotatable bonds is 6. The number of carbonyl (C=O) groups excluding carboxylic acids is 1. The fourth-order valence-corrected chi connectivity index (χ4v) is 3.42. The maximum absolute atomic E-state index is 11.8. The van der Waals surface area contributed by atoms with Gasteiger partial charge in [-0.05, 0) is 24.5 Å². The summed E-state index contributed by atoms with van der Waals surface area (Å²) in [5.74, 6) is 0.990. The summed E-state index contributed by atoms with van der Waals surface area (Å²) in [6, 6.07) is 7.47. The molecule has 1 aromatic carbocycles. The Morgan fingerprint density at radius 1 is 1.35 bits per heavy atom. The van der Waals surface area contributed by atoms with Crippen LogP contribution >= 0.6 is 23.4 Å². The van der Waals surface area contributed by atoms with Crippen LogP contribution in [0.2, 0.25) is 5.02 Å². The molecule has 0 saturated carbocycles. The summed E-state index contributed by atoms with van der Waals surface area (Å²) in [7, 11) is 0. The van der Waals surface area contributed by atoms with Crippen molar-refractivity contribution >= 4 is 29.3 Å². The molecule has 0 radical (unpaired) electrons. The van der Waals surface area contributed by atoms with E-state index in [4.69, 9.17) is 16.3 Å². The summed E-state index contributed by atoms with van der Waals surface area (Å²) in [5.41, 5.74) is 0.878. The Kier molecular flexibility index (Phi) is 6.70. The standard InChI is InChI=1S/C15H20ClNO2S/c16-14-4-2-1-3-12(14)11-15(18)17-7-10-20-13-5-8-19-9-6-13/h1-4,13H,5-11H2,(H,17,18). The smallest absolute Gasteiger partial charge is 0.224 e. The zero-order valence-electron chi connectivity index (χ0n) is 11.4. The first-order chi connectivity index (χ1) is 9.75. The quantitative estimate of drug-likeness (QED) is 0.821. The maximum atomic E-state index is 11.8. The molecule has 1 heterocycles. The molecule has 2 rings (SSSR count). The van der Waals surface area contributed by atoms with Crippen molar-refractivity contribution in [1.82, 2.24) is 5.32 Å². The number of hydrogen-bond donors (Lipinski definition) is 1. The van der Waals surface area contributed by atoms with Gasteiger partial charge in [-0.2, -0.15) is 11.8 Å². The van der Waals surface area contributed by atoms with Crippen molar-refractivity contribution in [3.05, 3.63) is 34.9 Å². The van der Waals surface area contributed by atoms with Gasteiger partial charge in [0.2, 0.25) is 5.91 Å². The molecule has 1 aliphatic heterocycles. The monoisotopic (exact) mass is 313 g/mol. The molecule has 0 unspecified atom stereocenters. The van der Waals surface area contributed by atoms with Crippen LogP contribution in [0.25, 0.3) is 0 Å². The lowest BCUT2D eigenvalue weighted by molar-refractivity contribution is -0.120. The van der Waals surface area contributed by atoms with E-state index in [0.29, 0.717) is 23.2 Å². The number of amides is 1. The summed E-state index contributed by atoms with van der Waals surface area (Å²) in [6.07, 6.45) is 2.60. The zero-order valence-corrected chi connectivity index (χ0v) is 13.0. The van der Waals surface area contributed by atoms with E-state index < -0.39 is 0 Å². The third-order valence-corrected chi connectivity index (χ3v) is 5.01. The topological polar surface area (TPSA) is 38.3 Å². The highest BCUT2D eigenvalue weighted by molar-refractivity contribution is 7.99. The van der Waals surface area contributed by atoms with Crippen LogP contribution < -0.4 is 5.32 Å². The lowest BCUT2D eigenvalue weighted by Crippen LogP contribution is -2.28. The molecule has 1 amide bonds. The van der Waals surface area contributed by atoms with Gasteiger partial charge < -0.3 is 10.1 Å². The minimum atomic E-state index is 0.0330. The maximum Gasteiger partial charge on any atom is 0.224 e. The highest BCUT2D eigenvalue weighted by Crippen LogP contribution is 2.21. The molecule has 110 valence electrons. The van der Waals surface area contributed by atoms with Gasteiger partial charge in [0, 0.05) is 35.8 Å². The lowest BCUT2D eigenvalue weighted by Gasteiger charge is -2.21. The largest absolute Gasteiger partial charge is 0.381 e. The molecule has 5 heteroatoms. The normalized spacial score (nSPS) is 16.1. The molecule has 0 spiro atoms. The van der Waals surface area contributed by atoms with Crippen LogP contribution in [0.4, 0.5) is 0 Å². The van der Waals surface area contributed by atoms with E-state index in [1.165, 1.54) is 0 Å². The molecule has 1 saturated heterocycles. The average Bonchev–Trinajstić information content (AvgIpc) is 2.47. The second kappa shape index (κ2) is 8.55. The first-order valence-corrected chi connectivity index (χ1v) is 8.38. The van der Waals surface area contributed by atoms with Crippen molar-refractivity contribution < 1.29 is 9.53 Å². The summed E-state index contributed by atoms with van der Waals surface area (Å²) in [6.45, 7) is 2.46. The van der Waals surface area contributed by atoms with Crippen LogP contribution in [0.3, 0.4) is 0 Å². The van der Waals surface area contributed by atoms with Gasteiger partial charge in [0.15, 0.2) is 0 Å².